The molecule has 0 spiro atoms. The number of unbranched alkanes of at least 4 members (excludes halogenated alkanes) is 6. The zero-order chi connectivity index (χ0) is 19.5. The van der Waals surface area contributed by atoms with E-state index < -0.39 is 12.0 Å². The van der Waals surface area contributed by atoms with Crippen LogP contribution < -0.4 is 0 Å². The summed E-state index contributed by atoms with van der Waals surface area (Å²) < 4.78 is 0. The van der Waals surface area contributed by atoms with Gasteiger partial charge in [0.15, 0.2) is 6.17 Å². The molecule has 138 valence electrons. The Kier molecular flexibility index (Phi) is 13.6. The molecule has 10 heteroatoms. The smallest absolute Gasteiger partial charge is 0.211 e. The van der Waals surface area contributed by atoms with Crippen LogP contribution in [0.25, 0.3) is 0 Å². The molecule has 0 aromatic rings. The van der Waals surface area contributed by atoms with Gasteiger partial charge in [-0.1, -0.05) is 32.1 Å². The number of nitrogens with zero attached hydrogens (tertiary/aromatic N) is 5. The molecule has 0 aliphatic heterocycles. The summed E-state index contributed by atoms with van der Waals surface area (Å²) in [5.74, 6) is -1.79. The van der Waals surface area contributed by atoms with Crippen molar-refractivity contribution in [3.63, 3.8) is 0 Å². The molecule has 10 nitrogen and oxygen atoms in total. The lowest BCUT2D eigenvalue weighted by molar-refractivity contribution is 0.398. The summed E-state index contributed by atoms with van der Waals surface area (Å²) in [7, 11) is 0. The zero-order valence-corrected chi connectivity index (χ0v) is 14.2. The van der Waals surface area contributed by atoms with Crippen molar-refractivity contribution in [2.45, 2.75) is 69.7 Å². The first-order valence-corrected chi connectivity index (χ1v) is 8.09. The van der Waals surface area contributed by atoms with Crippen LogP contribution in [0.2, 0.25) is 0 Å². The Morgan fingerprint density at radius 2 is 1.00 bits per heavy atom. The van der Waals surface area contributed by atoms with Crippen molar-refractivity contribution in [1.82, 2.24) is 0 Å². The predicted molar refractivity (Wildman–Crippen MR) is 88.7 cm³/mol. The number of carbonyl (C=O) groups excluding carboxylic acids is 5. The summed E-state index contributed by atoms with van der Waals surface area (Å²) in [6.07, 6.45) is 12.1. The Bertz CT molecular complexity index is 599. The van der Waals surface area contributed by atoms with Crippen LogP contribution in [0.4, 0.5) is 0 Å². The third-order valence-electron chi connectivity index (χ3n) is 3.55. The van der Waals surface area contributed by atoms with E-state index in [-0.39, 0.29) is 6.42 Å². The fraction of sp³-hybridized carbons (Fsp3) is 0.688. The lowest BCUT2D eigenvalue weighted by Gasteiger charge is -2.14. The number of rotatable bonds is 15. The Labute approximate surface area is 149 Å². The predicted octanol–water partition coefficient (Wildman–Crippen LogP) is 2.16. The maximum absolute atomic E-state index is 10.4. The molecule has 0 aromatic carbocycles. The van der Waals surface area contributed by atoms with E-state index in [1.807, 2.05) is 0 Å². The van der Waals surface area contributed by atoms with Crippen LogP contribution in [0.15, 0.2) is 25.0 Å². The van der Waals surface area contributed by atoms with Crippen LogP contribution in [-0.4, -0.2) is 42.4 Å². The standard InChI is InChI=1S/C16H19N5O5/c22-10-17-15(18-11-23)8-6-4-2-1-3-5-7-9-16(19-12-24,20-13-25)21-14-26/h15H,1-9H2. The van der Waals surface area contributed by atoms with Gasteiger partial charge in [-0.3, -0.25) is 0 Å². The van der Waals surface area contributed by atoms with Crippen molar-refractivity contribution < 1.29 is 24.0 Å². The van der Waals surface area contributed by atoms with Gasteiger partial charge in [-0.2, -0.15) is 25.0 Å². The van der Waals surface area contributed by atoms with Crippen LogP contribution in [0, 0.1) is 0 Å². The summed E-state index contributed by atoms with van der Waals surface area (Å²) in [5, 5.41) is 0. The highest BCUT2D eigenvalue weighted by atomic mass is 16.1. The van der Waals surface area contributed by atoms with Gasteiger partial charge >= 0.3 is 0 Å². The maximum Gasteiger partial charge on any atom is 0.277 e. The normalized spacial score (nSPS) is 12.6. The van der Waals surface area contributed by atoms with E-state index in [0.29, 0.717) is 12.8 Å². The van der Waals surface area contributed by atoms with Crippen molar-refractivity contribution in [3.8, 4) is 0 Å². The maximum atomic E-state index is 10.4. The molecule has 0 unspecified atom stereocenters. The second-order valence-corrected chi connectivity index (χ2v) is 5.32. The Morgan fingerprint density at radius 3 is 1.42 bits per heavy atom. The van der Waals surface area contributed by atoms with Crippen LogP contribution in [0.5, 0.6) is 0 Å². The molecule has 26 heavy (non-hydrogen) atoms. The van der Waals surface area contributed by atoms with E-state index in [0.717, 1.165) is 38.5 Å². The molecule has 0 heterocycles. The van der Waals surface area contributed by atoms with Gasteiger partial charge in [-0.15, -0.1) is 0 Å². The van der Waals surface area contributed by atoms with Gasteiger partial charge in [-0.05, 0) is 19.3 Å². The highest BCUT2D eigenvalue weighted by Gasteiger charge is 2.28. The van der Waals surface area contributed by atoms with E-state index in [1.165, 1.54) is 30.4 Å². The molecule has 0 atom stereocenters. The first-order chi connectivity index (χ1) is 12.7. The van der Waals surface area contributed by atoms with Crippen LogP contribution in [0.1, 0.15) is 57.8 Å². The molecular weight excluding hydrogens is 342 g/mol. The quantitative estimate of drug-likeness (QED) is 0.249. The minimum Gasteiger partial charge on any atom is -0.211 e. The van der Waals surface area contributed by atoms with Gasteiger partial charge < -0.3 is 0 Å². The summed E-state index contributed by atoms with van der Waals surface area (Å²) in [6, 6.07) is 0. The number of hydrogen-bond donors (Lipinski definition) is 0. The molecule has 0 fully saturated rings. The molecule has 0 bridgehead atoms. The van der Waals surface area contributed by atoms with Gasteiger partial charge in [0.1, 0.15) is 0 Å². The average Bonchev–Trinajstić information content (AvgIpc) is 2.61. The van der Waals surface area contributed by atoms with Crippen molar-refractivity contribution in [3.05, 3.63) is 0 Å². The first kappa shape index (κ1) is 22.9. The van der Waals surface area contributed by atoms with Crippen LogP contribution >= 0.6 is 0 Å². The van der Waals surface area contributed by atoms with Crippen molar-refractivity contribution in [1.29, 1.82) is 0 Å². The minimum atomic E-state index is -1.79. The summed E-state index contributed by atoms with van der Waals surface area (Å²) in [4.78, 5) is 68.2. The average molecular weight is 361 g/mol. The molecule has 0 aromatic heterocycles. The fourth-order valence-corrected chi connectivity index (χ4v) is 2.31. The molecule has 0 saturated carbocycles. The highest BCUT2D eigenvalue weighted by molar-refractivity contribution is 5.42. The number of isocyanates is 5. The number of aliphatic imine (C=N–C) groups is 5. The largest absolute Gasteiger partial charge is 0.277 e. The van der Waals surface area contributed by atoms with Gasteiger partial charge in [0.05, 0.1) is 0 Å². The van der Waals surface area contributed by atoms with Crippen molar-refractivity contribution >= 4 is 30.4 Å². The topological polar surface area (TPSA) is 147 Å². The molecule has 0 radical (unpaired) electrons. The summed E-state index contributed by atoms with van der Waals surface area (Å²) in [5.41, 5.74) is 0. The van der Waals surface area contributed by atoms with E-state index in [9.17, 15) is 24.0 Å². The van der Waals surface area contributed by atoms with Crippen molar-refractivity contribution in [2.75, 3.05) is 0 Å². The molecular formula is C16H19N5O5. The third kappa shape index (κ3) is 10.6. The van der Waals surface area contributed by atoms with Gasteiger partial charge in [0, 0.05) is 6.42 Å². The second-order valence-electron chi connectivity index (χ2n) is 5.32. The van der Waals surface area contributed by atoms with Crippen LogP contribution in [-0.2, 0) is 24.0 Å². The monoisotopic (exact) mass is 361 g/mol. The lowest BCUT2D eigenvalue weighted by atomic mass is 10.0. The minimum absolute atomic E-state index is 0.113. The summed E-state index contributed by atoms with van der Waals surface area (Å²) >= 11 is 0. The fourth-order valence-electron chi connectivity index (χ4n) is 2.31. The van der Waals surface area contributed by atoms with Gasteiger partial charge in [-0.25, -0.2) is 24.0 Å². The van der Waals surface area contributed by atoms with Gasteiger partial charge in [0.25, 0.3) is 5.79 Å². The molecule has 0 N–H and O–H groups in total. The Hall–Kier alpha value is -3.10. The van der Waals surface area contributed by atoms with Gasteiger partial charge in [0.2, 0.25) is 30.4 Å². The summed E-state index contributed by atoms with van der Waals surface area (Å²) in [6.45, 7) is 0. The first-order valence-electron chi connectivity index (χ1n) is 8.09. The van der Waals surface area contributed by atoms with E-state index >= 15 is 0 Å². The lowest BCUT2D eigenvalue weighted by Crippen LogP contribution is -2.20. The van der Waals surface area contributed by atoms with E-state index in [2.05, 4.69) is 25.0 Å². The SMILES string of the molecule is O=C=NC(CCCCCCCCCC(N=C=O)(N=C=O)N=C=O)N=C=O. The van der Waals surface area contributed by atoms with E-state index in [1.54, 1.807) is 0 Å². The van der Waals surface area contributed by atoms with E-state index in [4.69, 9.17) is 0 Å². The molecule has 0 amide bonds. The Morgan fingerprint density at radius 1 is 0.577 bits per heavy atom. The second kappa shape index (κ2) is 15.4. The molecule has 0 rings (SSSR count). The Balaban J connectivity index is 4.04. The molecule has 0 aliphatic rings. The van der Waals surface area contributed by atoms with Crippen molar-refractivity contribution in [2.24, 2.45) is 25.0 Å². The number of hydrogen-bond acceptors (Lipinski definition) is 10. The highest BCUT2D eigenvalue weighted by Crippen LogP contribution is 2.23. The molecule has 0 saturated heterocycles. The molecule has 0 aliphatic carbocycles. The van der Waals surface area contributed by atoms with Crippen LogP contribution in [0.3, 0.4) is 0 Å². The third-order valence-corrected chi connectivity index (χ3v) is 3.55. The zero-order valence-electron chi connectivity index (χ0n) is 14.2.